The van der Waals surface area contributed by atoms with Crippen molar-refractivity contribution in [3.63, 3.8) is 0 Å². The predicted octanol–water partition coefficient (Wildman–Crippen LogP) is 6.94. The monoisotopic (exact) mass is 374 g/mol. The van der Waals surface area contributed by atoms with E-state index in [1.165, 1.54) is 18.2 Å². The minimum atomic E-state index is -1.57. The molecule has 0 bridgehead atoms. The smallest absolute Gasteiger partial charge is 0.205 e. The molecule has 0 radical (unpaired) electrons. The summed E-state index contributed by atoms with van der Waals surface area (Å²) in [4.78, 5) is 0. The fourth-order valence-electron chi connectivity index (χ4n) is 2.75. The van der Waals surface area contributed by atoms with Crippen molar-refractivity contribution < 1.29 is 22.3 Å². The molecule has 0 aromatic heterocycles. The average Bonchev–Trinajstić information content (AvgIpc) is 2.63. The maximum Gasteiger partial charge on any atom is 0.205 e. The molecule has 3 rings (SSSR count). The lowest BCUT2D eigenvalue weighted by Crippen LogP contribution is -2.04. The Bertz CT molecular complexity index is 1010. The lowest BCUT2D eigenvalue weighted by molar-refractivity contribution is 0.368. The molecule has 0 spiro atoms. The van der Waals surface area contributed by atoms with Crippen LogP contribution in [0.5, 0.6) is 11.5 Å². The van der Waals surface area contributed by atoms with E-state index in [1.54, 1.807) is 32.0 Å². The number of benzene rings is 3. The van der Waals surface area contributed by atoms with Crippen molar-refractivity contribution in [3.8, 4) is 22.6 Å². The molecule has 0 aliphatic heterocycles. The summed E-state index contributed by atoms with van der Waals surface area (Å²) in [7, 11) is 0. The highest BCUT2D eigenvalue weighted by atomic mass is 19.2. The molecule has 0 amide bonds. The van der Waals surface area contributed by atoms with Gasteiger partial charge in [0.15, 0.2) is 11.6 Å². The molecule has 0 unspecified atom stereocenters. The van der Waals surface area contributed by atoms with Crippen molar-refractivity contribution in [2.24, 2.45) is 0 Å². The SMILES string of the molecule is Cc1ccc(Oc2c(F)c(F)c(-c3ccc(C)c(C)c3)c(F)c2F)cc1C. The van der Waals surface area contributed by atoms with Gasteiger partial charge in [0.05, 0.1) is 5.56 Å². The second-order valence-corrected chi connectivity index (χ2v) is 6.61. The number of ether oxygens (including phenoxy) is 1. The van der Waals surface area contributed by atoms with Gasteiger partial charge in [0.1, 0.15) is 5.75 Å². The topological polar surface area (TPSA) is 9.23 Å². The van der Waals surface area contributed by atoms with E-state index in [9.17, 15) is 17.6 Å². The zero-order valence-corrected chi connectivity index (χ0v) is 15.4. The standard InChI is InChI=1S/C22H18F4O/c1-11-5-7-15(9-13(11)3)17-18(23)20(25)22(21(26)19(17)24)27-16-8-6-12(2)14(4)10-16/h5-10H,1-4H3. The molecule has 0 aliphatic carbocycles. The average molecular weight is 374 g/mol. The molecule has 140 valence electrons. The van der Waals surface area contributed by atoms with E-state index in [2.05, 4.69) is 0 Å². The normalized spacial score (nSPS) is 11.0. The van der Waals surface area contributed by atoms with Crippen molar-refractivity contribution >= 4 is 0 Å². The van der Waals surface area contributed by atoms with Gasteiger partial charge in [0.2, 0.25) is 17.4 Å². The Hall–Kier alpha value is -2.82. The third-order valence-electron chi connectivity index (χ3n) is 4.72. The van der Waals surface area contributed by atoms with Crippen LogP contribution in [0, 0.1) is 51.0 Å². The molecule has 0 aliphatic rings. The van der Waals surface area contributed by atoms with Gasteiger partial charge in [-0.05, 0) is 67.6 Å². The van der Waals surface area contributed by atoms with E-state index in [-0.39, 0.29) is 11.3 Å². The summed E-state index contributed by atoms with van der Waals surface area (Å²) in [5, 5.41) is 0. The molecule has 0 fully saturated rings. The summed E-state index contributed by atoms with van der Waals surface area (Å²) in [6.45, 7) is 7.23. The Morgan fingerprint density at radius 3 is 1.63 bits per heavy atom. The molecule has 0 heterocycles. The van der Waals surface area contributed by atoms with Crippen molar-refractivity contribution in [3.05, 3.63) is 81.9 Å². The minimum Gasteiger partial charge on any atom is -0.451 e. The summed E-state index contributed by atoms with van der Waals surface area (Å²) in [6.07, 6.45) is 0. The van der Waals surface area contributed by atoms with Gasteiger partial charge in [-0.25, -0.2) is 8.78 Å². The van der Waals surface area contributed by atoms with Gasteiger partial charge in [-0.1, -0.05) is 24.3 Å². The van der Waals surface area contributed by atoms with Crippen LogP contribution < -0.4 is 4.74 Å². The molecule has 0 N–H and O–H groups in total. The highest BCUT2D eigenvalue weighted by Gasteiger charge is 2.28. The van der Waals surface area contributed by atoms with Gasteiger partial charge in [-0.2, -0.15) is 8.78 Å². The number of aryl methyl sites for hydroxylation is 4. The Morgan fingerprint density at radius 1 is 0.593 bits per heavy atom. The summed E-state index contributed by atoms with van der Waals surface area (Å²) in [5.74, 6) is -7.12. The Kier molecular flexibility index (Phi) is 4.96. The van der Waals surface area contributed by atoms with Gasteiger partial charge in [0.25, 0.3) is 0 Å². The van der Waals surface area contributed by atoms with Crippen LogP contribution in [0.4, 0.5) is 17.6 Å². The van der Waals surface area contributed by atoms with E-state index in [4.69, 9.17) is 4.74 Å². The van der Waals surface area contributed by atoms with Crippen molar-refractivity contribution in [1.29, 1.82) is 0 Å². The summed E-state index contributed by atoms with van der Waals surface area (Å²) < 4.78 is 63.4. The quantitative estimate of drug-likeness (QED) is 0.356. The highest BCUT2D eigenvalue weighted by molar-refractivity contribution is 5.68. The maximum atomic E-state index is 14.6. The largest absolute Gasteiger partial charge is 0.451 e. The first-order valence-corrected chi connectivity index (χ1v) is 8.39. The first-order chi connectivity index (χ1) is 12.7. The van der Waals surface area contributed by atoms with Gasteiger partial charge in [-0.3, -0.25) is 0 Å². The lowest BCUT2D eigenvalue weighted by Gasteiger charge is -2.14. The van der Waals surface area contributed by atoms with Crippen LogP contribution in [0.2, 0.25) is 0 Å². The fraction of sp³-hybridized carbons (Fsp3) is 0.182. The zero-order chi connectivity index (χ0) is 19.9. The van der Waals surface area contributed by atoms with Gasteiger partial charge < -0.3 is 4.74 Å². The molecule has 0 saturated heterocycles. The molecule has 0 saturated carbocycles. The fourth-order valence-corrected chi connectivity index (χ4v) is 2.75. The Morgan fingerprint density at radius 2 is 1.11 bits per heavy atom. The third-order valence-corrected chi connectivity index (χ3v) is 4.72. The van der Waals surface area contributed by atoms with Crippen LogP contribution in [0.3, 0.4) is 0 Å². The highest BCUT2D eigenvalue weighted by Crippen LogP contribution is 2.38. The molecular formula is C22H18F4O. The number of halogens is 4. The van der Waals surface area contributed by atoms with Gasteiger partial charge >= 0.3 is 0 Å². The summed E-state index contributed by atoms with van der Waals surface area (Å²) in [6, 6.07) is 9.26. The third kappa shape index (κ3) is 3.42. The van der Waals surface area contributed by atoms with Crippen LogP contribution >= 0.6 is 0 Å². The van der Waals surface area contributed by atoms with Crippen molar-refractivity contribution in [1.82, 2.24) is 0 Å². The van der Waals surface area contributed by atoms with Gasteiger partial charge in [0, 0.05) is 0 Å². The molecule has 3 aromatic carbocycles. The first-order valence-electron chi connectivity index (χ1n) is 8.39. The van der Waals surface area contributed by atoms with Crippen molar-refractivity contribution in [2.45, 2.75) is 27.7 Å². The van der Waals surface area contributed by atoms with E-state index in [1.807, 2.05) is 13.8 Å². The van der Waals surface area contributed by atoms with Crippen LogP contribution in [-0.4, -0.2) is 0 Å². The molecule has 5 heteroatoms. The number of hydrogen-bond acceptors (Lipinski definition) is 1. The summed E-state index contributed by atoms with van der Waals surface area (Å²) in [5.41, 5.74) is 2.73. The van der Waals surface area contributed by atoms with Crippen LogP contribution in [-0.2, 0) is 0 Å². The van der Waals surface area contributed by atoms with Crippen molar-refractivity contribution in [2.75, 3.05) is 0 Å². The molecule has 27 heavy (non-hydrogen) atoms. The molecule has 3 aromatic rings. The zero-order valence-electron chi connectivity index (χ0n) is 15.4. The van der Waals surface area contributed by atoms with E-state index < -0.39 is 34.6 Å². The second kappa shape index (κ2) is 7.06. The predicted molar refractivity (Wildman–Crippen MR) is 97.2 cm³/mol. The molecular weight excluding hydrogens is 356 g/mol. The maximum absolute atomic E-state index is 14.6. The lowest BCUT2D eigenvalue weighted by atomic mass is 9.99. The number of hydrogen-bond donors (Lipinski definition) is 0. The minimum absolute atomic E-state index is 0.0589. The van der Waals surface area contributed by atoms with Crippen LogP contribution in [0.25, 0.3) is 11.1 Å². The first kappa shape index (κ1) is 19.0. The van der Waals surface area contributed by atoms with Crippen LogP contribution in [0.15, 0.2) is 36.4 Å². The summed E-state index contributed by atoms with van der Waals surface area (Å²) >= 11 is 0. The Balaban J connectivity index is 2.13. The van der Waals surface area contributed by atoms with E-state index in [0.717, 1.165) is 22.3 Å². The Labute approximate surface area is 155 Å². The molecule has 1 nitrogen and oxygen atoms in total. The van der Waals surface area contributed by atoms with E-state index in [0.29, 0.717) is 0 Å². The van der Waals surface area contributed by atoms with E-state index >= 15 is 0 Å². The number of rotatable bonds is 3. The van der Waals surface area contributed by atoms with Crippen LogP contribution in [0.1, 0.15) is 22.3 Å². The van der Waals surface area contributed by atoms with Gasteiger partial charge in [-0.15, -0.1) is 0 Å². The molecule has 0 atom stereocenters. The second-order valence-electron chi connectivity index (χ2n) is 6.61.